The first-order valence-electron chi connectivity index (χ1n) is 5.78. The smallest absolute Gasteiger partial charge is 0.174 e. The fourth-order valence-corrected chi connectivity index (χ4v) is 1.95. The third-order valence-electron chi connectivity index (χ3n) is 2.93. The molecule has 0 bridgehead atoms. The van der Waals surface area contributed by atoms with E-state index in [0.717, 1.165) is 19.3 Å². The van der Waals surface area contributed by atoms with E-state index in [1.807, 2.05) is 0 Å². The van der Waals surface area contributed by atoms with E-state index in [9.17, 15) is 0 Å². The van der Waals surface area contributed by atoms with E-state index in [4.69, 9.17) is 18.9 Å². The van der Waals surface area contributed by atoms with E-state index in [2.05, 4.69) is 6.92 Å². The molecule has 0 radical (unpaired) electrons. The Morgan fingerprint density at radius 1 is 0.938 bits per heavy atom. The highest BCUT2D eigenvalue weighted by Crippen LogP contribution is 2.29. The first-order chi connectivity index (χ1) is 7.70. The highest BCUT2D eigenvalue weighted by Gasteiger charge is 2.38. The van der Waals surface area contributed by atoms with Crippen molar-refractivity contribution in [3.05, 3.63) is 0 Å². The largest absolute Gasteiger partial charge is 0.384 e. The summed E-state index contributed by atoms with van der Waals surface area (Å²) in [5, 5.41) is 0. The average molecular weight is 234 g/mol. The fraction of sp³-hybridized carbons (Fsp3) is 1.00. The van der Waals surface area contributed by atoms with Crippen LogP contribution in [-0.4, -0.2) is 47.4 Å². The lowest BCUT2D eigenvalue weighted by Gasteiger charge is -2.37. The SMILES string of the molecule is CCCCC(OC)(OC)C(COC)COC. The van der Waals surface area contributed by atoms with Crippen LogP contribution in [0.4, 0.5) is 0 Å². The zero-order chi connectivity index (χ0) is 12.4. The van der Waals surface area contributed by atoms with Crippen LogP contribution in [0.5, 0.6) is 0 Å². The number of methoxy groups -OCH3 is 4. The Bertz CT molecular complexity index is 151. The third kappa shape index (κ3) is 4.37. The van der Waals surface area contributed by atoms with Crippen LogP contribution in [0.1, 0.15) is 26.2 Å². The van der Waals surface area contributed by atoms with Crippen molar-refractivity contribution in [2.75, 3.05) is 41.7 Å². The molecule has 0 aliphatic carbocycles. The molecule has 0 fully saturated rings. The number of unbranched alkanes of at least 4 members (excludes halogenated alkanes) is 1. The summed E-state index contributed by atoms with van der Waals surface area (Å²) >= 11 is 0. The molecular weight excluding hydrogens is 208 g/mol. The van der Waals surface area contributed by atoms with Crippen molar-refractivity contribution in [3.63, 3.8) is 0 Å². The predicted molar refractivity (Wildman–Crippen MR) is 63.5 cm³/mol. The van der Waals surface area contributed by atoms with E-state index >= 15 is 0 Å². The molecule has 4 nitrogen and oxygen atoms in total. The molecule has 0 amide bonds. The standard InChI is InChI=1S/C12H26O4/c1-6-7-8-12(15-4,16-5)11(9-13-2)10-14-3/h11H,6-10H2,1-5H3. The Labute approximate surface area is 99.2 Å². The van der Waals surface area contributed by atoms with Crippen molar-refractivity contribution >= 4 is 0 Å². The molecule has 0 N–H and O–H groups in total. The highest BCUT2D eigenvalue weighted by molar-refractivity contribution is 4.79. The summed E-state index contributed by atoms with van der Waals surface area (Å²) in [6.45, 7) is 3.29. The maximum absolute atomic E-state index is 5.57. The zero-order valence-electron chi connectivity index (χ0n) is 11.2. The summed E-state index contributed by atoms with van der Waals surface area (Å²) < 4.78 is 21.6. The number of rotatable bonds is 10. The summed E-state index contributed by atoms with van der Waals surface area (Å²) in [7, 11) is 6.71. The molecular formula is C12H26O4. The van der Waals surface area contributed by atoms with Gasteiger partial charge >= 0.3 is 0 Å². The number of hydrogen-bond acceptors (Lipinski definition) is 4. The normalized spacial score (nSPS) is 12.4. The minimum absolute atomic E-state index is 0.0871. The lowest BCUT2D eigenvalue weighted by Crippen LogP contribution is -2.46. The Morgan fingerprint density at radius 2 is 1.44 bits per heavy atom. The van der Waals surface area contributed by atoms with Crippen LogP contribution < -0.4 is 0 Å². The lowest BCUT2D eigenvalue weighted by molar-refractivity contribution is -0.258. The van der Waals surface area contributed by atoms with Crippen LogP contribution in [0.3, 0.4) is 0 Å². The van der Waals surface area contributed by atoms with Crippen molar-refractivity contribution < 1.29 is 18.9 Å². The van der Waals surface area contributed by atoms with E-state index in [1.165, 1.54) is 0 Å². The van der Waals surface area contributed by atoms with Crippen LogP contribution in [0.25, 0.3) is 0 Å². The highest BCUT2D eigenvalue weighted by atomic mass is 16.7. The van der Waals surface area contributed by atoms with Gasteiger partial charge in [0.05, 0.1) is 19.1 Å². The van der Waals surface area contributed by atoms with Crippen molar-refractivity contribution in [2.24, 2.45) is 5.92 Å². The predicted octanol–water partition coefficient (Wildman–Crippen LogP) is 2.07. The molecule has 0 unspecified atom stereocenters. The maximum Gasteiger partial charge on any atom is 0.174 e. The van der Waals surface area contributed by atoms with E-state index in [0.29, 0.717) is 13.2 Å². The van der Waals surface area contributed by atoms with Gasteiger partial charge in [0.25, 0.3) is 0 Å². The first kappa shape index (κ1) is 15.8. The topological polar surface area (TPSA) is 36.9 Å². The monoisotopic (exact) mass is 234 g/mol. The summed E-state index contributed by atoms with van der Waals surface area (Å²) in [4.78, 5) is 0. The van der Waals surface area contributed by atoms with Crippen LogP contribution in [0.2, 0.25) is 0 Å². The van der Waals surface area contributed by atoms with E-state index in [-0.39, 0.29) is 5.92 Å². The minimum atomic E-state index is -0.595. The summed E-state index contributed by atoms with van der Waals surface area (Å²) in [6, 6.07) is 0. The second kappa shape index (κ2) is 8.93. The molecule has 0 aliphatic rings. The first-order valence-corrected chi connectivity index (χ1v) is 5.78. The van der Waals surface area contributed by atoms with Gasteiger partial charge in [0.2, 0.25) is 0 Å². The van der Waals surface area contributed by atoms with Gasteiger partial charge in [-0.15, -0.1) is 0 Å². The van der Waals surface area contributed by atoms with Gasteiger partial charge < -0.3 is 18.9 Å². The average Bonchev–Trinajstić information content (AvgIpc) is 2.31. The molecule has 98 valence electrons. The van der Waals surface area contributed by atoms with Gasteiger partial charge in [0.15, 0.2) is 5.79 Å². The van der Waals surface area contributed by atoms with Crippen molar-refractivity contribution in [1.29, 1.82) is 0 Å². The van der Waals surface area contributed by atoms with Gasteiger partial charge in [-0.1, -0.05) is 13.3 Å². The summed E-state index contributed by atoms with van der Waals surface area (Å²) in [5.74, 6) is -0.508. The van der Waals surface area contributed by atoms with Gasteiger partial charge in [-0.05, 0) is 6.42 Å². The van der Waals surface area contributed by atoms with Gasteiger partial charge in [-0.3, -0.25) is 0 Å². The molecule has 0 aromatic rings. The molecule has 4 heteroatoms. The quantitative estimate of drug-likeness (QED) is 0.542. The van der Waals surface area contributed by atoms with Crippen molar-refractivity contribution in [2.45, 2.75) is 32.0 Å². The molecule has 0 rings (SSSR count). The molecule has 0 aromatic heterocycles. The molecule has 0 saturated carbocycles. The molecule has 0 aromatic carbocycles. The minimum Gasteiger partial charge on any atom is -0.384 e. The van der Waals surface area contributed by atoms with Crippen LogP contribution >= 0.6 is 0 Å². The molecule has 0 atom stereocenters. The summed E-state index contributed by atoms with van der Waals surface area (Å²) in [5.41, 5.74) is 0. The Morgan fingerprint density at radius 3 is 1.75 bits per heavy atom. The fourth-order valence-electron chi connectivity index (χ4n) is 1.95. The van der Waals surface area contributed by atoms with E-state index < -0.39 is 5.79 Å². The summed E-state index contributed by atoms with van der Waals surface area (Å²) in [6.07, 6.45) is 3.03. The second-order valence-electron chi connectivity index (χ2n) is 3.93. The molecule has 0 heterocycles. The van der Waals surface area contributed by atoms with E-state index in [1.54, 1.807) is 28.4 Å². The van der Waals surface area contributed by atoms with Gasteiger partial charge in [0.1, 0.15) is 0 Å². The van der Waals surface area contributed by atoms with Gasteiger partial charge in [-0.25, -0.2) is 0 Å². The van der Waals surface area contributed by atoms with Crippen LogP contribution in [0.15, 0.2) is 0 Å². The second-order valence-corrected chi connectivity index (χ2v) is 3.93. The Hall–Kier alpha value is -0.160. The molecule has 16 heavy (non-hydrogen) atoms. The molecule has 0 aliphatic heterocycles. The number of hydrogen-bond donors (Lipinski definition) is 0. The van der Waals surface area contributed by atoms with Crippen LogP contribution in [0, 0.1) is 5.92 Å². The van der Waals surface area contributed by atoms with Gasteiger partial charge in [-0.2, -0.15) is 0 Å². The third-order valence-corrected chi connectivity index (χ3v) is 2.93. The van der Waals surface area contributed by atoms with Crippen molar-refractivity contribution in [3.8, 4) is 0 Å². The van der Waals surface area contributed by atoms with Gasteiger partial charge in [0, 0.05) is 34.9 Å². The lowest BCUT2D eigenvalue weighted by atomic mass is 9.94. The molecule has 0 saturated heterocycles. The number of ether oxygens (including phenoxy) is 4. The van der Waals surface area contributed by atoms with Crippen molar-refractivity contribution in [1.82, 2.24) is 0 Å². The zero-order valence-corrected chi connectivity index (χ0v) is 11.2. The maximum atomic E-state index is 5.57. The Balaban J connectivity index is 4.63. The Kier molecular flexibility index (Phi) is 8.84. The van der Waals surface area contributed by atoms with Crippen LogP contribution in [-0.2, 0) is 18.9 Å². The molecule has 0 spiro atoms.